The van der Waals surface area contributed by atoms with Gasteiger partial charge in [0.1, 0.15) is 5.65 Å². The number of pyridine rings is 1. The van der Waals surface area contributed by atoms with Crippen LogP contribution >= 0.6 is 0 Å². The van der Waals surface area contributed by atoms with Crippen molar-refractivity contribution in [3.8, 4) is 11.5 Å². The number of aryl methyl sites for hydroxylation is 1. The number of hydrogen-bond acceptors (Lipinski definition) is 6. The Kier molecular flexibility index (Phi) is 4.89. The average Bonchev–Trinajstić information content (AvgIpc) is 3.52. The topological polar surface area (TPSA) is 95.4 Å². The summed E-state index contributed by atoms with van der Waals surface area (Å²) in [5, 5.41) is 0.804. The number of benzene rings is 1. The highest BCUT2D eigenvalue weighted by molar-refractivity contribution is 6.01. The van der Waals surface area contributed by atoms with Crippen LogP contribution in [0.3, 0.4) is 0 Å². The van der Waals surface area contributed by atoms with Gasteiger partial charge in [-0.1, -0.05) is 6.07 Å². The lowest BCUT2D eigenvalue weighted by molar-refractivity contribution is 0.0474. The molecule has 0 amide bonds. The Balaban J connectivity index is 1.28. The number of nitrogens with zero attached hydrogens (tertiary/aromatic N) is 2. The van der Waals surface area contributed by atoms with Crippen LogP contribution in [0.5, 0.6) is 11.5 Å². The van der Waals surface area contributed by atoms with Gasteiger partial charge < -0.3 is 23.8 Å². The Morgan fingerprint density at radius 1 is 1.12 bits per heavy atom. The highest BCUT2D eigenvalue weighted by Gasteiger charge is 2.19. The molecule has 32 heavy (non-hydrogen) atoms. The van der Waals surface area contributed by atoms with Crippen molar-refractivity contribution < 1.29 is 23.8 Å². The van der Waals surface area contributed by atoms with Crippen LogP contribution in [0.1, 0.15) is 37.7 Å². The van der Waals surface area contributed by atoms with Crippen molar-refractivity contribution in [3.63, 3.8) is 0 Å². The lowest BCUT2D eigenvalue weighted by Crippen LogP contribution is -2.15. The molecule has 8 nitrogen and oxygen atoms in total. The van der Waals surface area contributed by atoms with Crippen LogP contribution in [0.4, 0.5) is 0 Å². The van der Waals surface area contributed by atoms with Gasteiger partial charge in [0.2, 0.25) is 12.6 Å². The van der Waals surface area contributed by atoms with Crippen LogP contribution in [0.2, 0.25) is 0 Å². The van der Waals surface area contributed by atoms with Gasteiger partial charge in [-0.2, -0.15) is 0 Å². The molecule has 162 valence electrons. The number of carbonyl (C=O) groups is 2. The Morgan fingerprint density at radius 3 is 2.84 bits per heavy atom. The molecule has 8 heteroatoms. The molecule has 0 atom stereocenters. The zero-order valence-corrected chi connectivity index (χ0v) is 17.7. The Labute approximate surface area is 183 Å². The summed E-state index contributed by atoms with van der Waals surface area (Å²) in [6.07, 6.45) is 3.18. The van der Waals surface area contributed by atoms with Crippen molar-refractivity contribution in [1.82, 2.24) is 14.5 Å². The summed E-state index contributed by atoms with van der Waals surface area (Å²) in [6.45, 7) is 4.31. The number of nitrogens with one attached hydrogen (secondary N) is 1. The molecule has 5 rings (SSSR count). The van der Waals surface area contributed by atoms with E-state index in [9.17, 15) is 9.59 Å². The number of aromatic amines is 1. The fraction of sp³-hybridized carbons (Fsp3) is 0.208. The van der Waals surface area contributed by atoms with E-state index in [0.717, 1.165) is 33.8 Å². The van der Waals surface area contributed by atoms with Gasteiger partial charge in [-0.3, -0.25) is 4.79 Å². The molecule has 4 heterocycles. The second-order valence-electron chi connectivity index (χ2n) is 7.70. The maximum Gasteiger partial charge on any atom is 0.340 e. The molecular weight excluding hydrogens is 410 g/mol. The van der Waals surface area contributed by atoms with Crippen molar-refractivity contribution in [1.29, 1.82) is 0 Å². The summed E-state index contributed by atoms with van der Waals surface area (Å²) < 4.78 is 18.1. The van der Waals surface area contributed by atoms with Crippen LogP contribution in [0.25, 0.3) is 11.0 Å². The minimum absolute atomic E-state index is 0.229. The number of carbonyl (C=O) groups excluding carboxylic acids is 2. The van der Waals surface area contributed by atoms with E-state index in [1.807, 2.05) is 44.2 Å². The molecule has 1 N–H and O–H groups in total. The van der Waals surface area contributed by atoms with Crippen LogP contribution in [-0.2, 0) is 11.3 Å². The number of aromatic nitrogens is 3. The SMILES string of the molecule is Cc1cc(C(=O)COC(=O)c2cnc3[nH]ccc3c2)c(C)n1Cc1ccc2c(c1)OCO2. The Bertz CT molecular complexity index is 1350. The normalized spacial score (nSPS) is 12.3. The maximum absolute atomic E-state index is 12.8. The average molecular weight is 431 g/mol. The summed E-state index contributed by atoms with van der Waals surface area (Å²) in [7, 11) is 0. The van der Waals surface area contributed by atoms with Gasteiger partial charge in [-0.15, -0.1) is 0 Å². The van der Waals surface area contributed by atoms with Crippen LogP contribution in [0, 0.1) is 13.8 Å². The Hall–Kier alpha value is -4.07. The van der Waals surface area contributed by atoms with Gasteiger partial charge in [-0.05, 0) is 49.7 Å². The number of esters is 1. The van der Waals surface area contributed by atoms with Gasteiger partial charge in [0.15, 0.2) is 18.1 Å². The van der Waals surface area contributed by atoms with E-state index < -0.39 is 5.97 Å². The van der Waals surface area contributed by atoms with Crippen molar-refractivity contribution in [2.75, 3.05) is 13.4 Å². The molecule has 0 saturated heterocycles. The molecular formula is C24H21N3O5. The third-order valence-electron chi connectivity index (χ3n) is 5.62. The number of ether oxygens (including phenoxy) is 3. The summed E-state index contributed by atoms with van der Waals surface area (Å²) in [4.78, 5) is 32.3. The summed E-state index contributed by atoms with van der Waals surface area (Å²) in [5.41, 5.74) is 4.32. The van der Waals surface area contributed by atoms with Gasteiger partial charge >= 0.3 is 5.97 Å². The molecule has 3 aromatic heterocycles. The van der Waals surface area contributed by atoms with Crippen molar-refractivity contribution in [2.45, 2.75) is 20.4 Å². The molecule has 0 spiro atoms. The predicted molar refractivity (Wildman–Crippen MR) is 116 cm³/mol. The number of rotatable bonds is 6. The zero-order chi connectivity index (χ0) is 22.2. The second-order valence-corrected chi connectivity index (χ2v) is 7.70. The zero-order valence-electron chi connectivity index (χ0n) is 17.7. The first-order chi connectivity index (χ1) is 15.5. The molecule has 1 aliphatic heterocycles. The van der Waals surface area contributed by atoms with Crippen LogP contribution < -0.4 is 9.47 Å². The standard InChI is InChI=1S/C24H21N3O5/c1-14-7-19(15(2)27(14)11-16-3-4-21-22(8-16)32-13-31-21)20(28)12-30-24(29)18-9-17-5-6-25-23(17)26-10-18/h3-10H,11-13H2,1-2H3,(H,25,26). The molecule has 1 aliphatic rings. The van der Waals surface area contributed by atoms with E-state index in [0.29, 0.717) is 23.3 Å². The fourth-order valence-electron chi connectivity index (χ4n) is 3.89. The van der Waals surface area contributed by atoms with Gasteiger partial charge in [0.25, 0.3) is 0 Å². The van der Waals surface area contributed by atoms with Crippen molar-refractivity contribution in [3.05, 3.63) is 76.9 Å². The number of ketones is 1. The first-order valence-corrected chi connectivity index (χ1v) is 10.2. The number of H-pyrrole nitrogens is 1. The maximum atomic E-state index is 12.8. The summed E-state index contributed by atoms with van der Waals surface area (Å²) in [5.74, 6) is 0.626. The van der Waals surface area contributed by atoms with E-state index in [1.165, 1.54) is 6.20 Å². The van der Waals surface area contributed by atoms with E-state index in [1.54, 1.807) is 12.3 Å². The third kappa shape index (κ3) is 3.60. The predicted octanol–water partition coefficient (Wildman–Crippen LogP) is 3.80. The summed E-state index contributed by atoms with van der Waals surface area (Å²) >= 11 is 0. The van der Waals surface area contributed by atoms with E-state index in [4.69, 9.17) is 14.2 Å². The molecule has 0 fully saturated rings. The third-order valence-corrected chi connectivity index (χ3v) is 5.62. The largest absolute Gasteiger partial charge is 0.454 e. The van der Waals surface area contributed by atoms with Gasteiger partial charge in [0, 0.05) is 41.3 Å². The fourth-order valence-corrected chi connectivity index (χ4v) is 3.89. The first kappa shape index (κ1) is 19.9. The molecule has 0 bridgehead atoms. The molecule has 1 aromatic carbocycles. The lowest BCUT2D eigenvalue weighted by Gasteiger charge is -2.11. The number of fused-ring (bicyclic) bond motifs is 2. The molecule has 0 saturated carbocycles. The molecule has 0 unspecified atom stereocenters. The minimum atomic E-state index is -0.580. The molecule has 4 aromatic rings. The summed E-state index contributed by atoms with van der Waals surface area (Å²) in [6, 6.07) is 11.1. The number of Topliss-reactive ketones (excluding diaryl/α,β-unsaturated/α-hetero) is 1. The smallest absolute Gasteiger partial charge is 0.340 e. The highest BCUT2D eigenvalue weighted by atomic mass is 16.7. The van der Waals surface area contributed by atoms with Crippen LogP contribution in [-0.4, -0.2) is 39.7 Å². The quantitative estimate of drug-likeness (QED) is 0.369. The molecule has 0 radical (unpaired) electrons. The van der Waals surface area contributed by atoms with Gasteiger partial charge in [0.05, 0.1) is 5.56 Å². The van der Waals surface area contributed by atoms with E-state index in [-0.39, 0.29) is 19.2 Å². The lowest BCUT2D eigenvalue weighted by atomic mass is 10.1. The van der Waals surface area contributed by atoms with Gasteiger partial charge in [-0.25, -0.2) is 9.78 Å². The van der Waals surface area contributed by atoms with Crippen LogP contribution in [0.15, 0.2) is 48.8 Å². The molecule has 0 aliphatic carbocycles. The van der Waals surface area contributed by atoms with E-state index >= 15 is 0 Å². The second kappa shape index (κ2) is 7.88. The monoisotopic (exact) mass is 431 g/mol. The van der Waals surface area contributed by atoms with Crippen molar-refractivity contribution >= 4 is 22.8 Å². The van der Waals surface area contributed by atoms with E-state index in [2.05, 4.69) is 14.5 Å². The first-order valence-electron chi connectivity index (χ1n) is 10.2. The Morgan fingerprint density at radius 2 is 1.97 bits per heavy atom. The van der Waals surface area contributed by atoms with Crippen molar-refractivity contribution in [2.24, 2.45) is 0 Å². The minimum Gasteiger partial charge on any atom is -0.454 e. The number of hydrogen-bond donors (Lipinski definition) is 1. The highest BCUT2D eigenvalue weighted by Crippen LogP contribution is 2.33.